The Morgan fingerprint density at radius 2 is 1.82 bits per heavy atom. The molecule has 0 radical (unpaired) electrons. The molecule has 8 nitrogen and oxygen atoms in total. The fraction of sp³-hybridized carbons (Fsp3) is 0.394. The Kier molecular flexibility index (Phi) is 10.9. The molecule has 234 valence electrons. The molecule has 0 saturated heterocycles. The molecular weight excluding hydrogens is 669 g/mol. The van der Waals surface area contributed by atoms with Gasteiger partial charge in [0.25, 0.3) is 5.91 Å². The largest absolute Gasteiger partial charge is 0.494 e. The highest BCUT2D eigenvalue weighted by Crippen LogP contribution is 2.45. The summed E-state index contributed by atoms with van der Waals surface area (Å²) in [5, 5.41) is 20.9. The summed E-state index contributed by atoms with van der Waals surface area (Å²) in [7, 11) is 0. The first-order valence-electron chi connectivity index (χ1n) is 14.8. The average Bonchev–Trinajstić information content (AvgIpc) is 3.39. The highest BCUT2D eigenvalue weighted by molar-refractivity contribution is 9.10. The number of halogens is 3. The standard InChI is InChI=1S/C33H36BrCl2N3O5/c34-27-8-3-2-7-23(27)20-33(31(41)39-37-21-32(42)15-4-1-5-16-32)29(26-14-11-24(35)19-28(26)36)44-30(38-33)22-9-12-25(13-10-22)43-18-6-17-40/h2-3,7-14,19,29,37,40,42H,1,4-6,15-18,20-21H2,(H,39,41)/t29-,33-/m0/s1. The molecular formula is C33H36BrCl2N3O5. The van der Waals surface area contributed by atoms with Crippen molar-refractivity contribution in [2.75, 3.05) is 19.8 Å². The number of aliphatic hydroxyl groups excluding tert-OH is 1. The van der Waals surface area contributed by atoms with Crippen LogP contribution in [0, 0.1) is 0 Å². The van der Waals surface area contributed by atoms with Gasteiger partial charge in [-0.15, -0.1) is 0 Å². The van der Waals surface area contributed by atoms with Crippen molar-refractivity contribution in [2.24, 2.45) is 4.99 Å². The zero-order valence-corrected chi connectivity index (χ0v) is 27.3. The third-order valence-corrected chi connectivity index (χ3v) is 9.43. The highest BCUT2D eigenvalue weighted by Gasteiger charge is 2.54. The number of hydrogen-bond donors (Lipinski definition) is 4. The van der Waals surface area contributed by atoms with E-state index in [1.54, 1.807) is 30.3 Å². The van der Waals surface area contributed by atoms with E-state index >= 15 is 0 Å². The third-order valence-electron chi connectivity index (χ3n) is 8.10. The highest BCUT2D eigenvalue weighted by atomic mass is 79.9. The molecule has 0 aromatic heterocycles. The van der Waals surface area contributed by atoms with Gasteiger partial charge in [-0.3, -0.25) is 10.2 Å². The van der Waals surface area contributed by atoms with Gasteiger partial charge in [-0.05, 0) is 60.9 Å². The summed E-state index contributed by atoms with van der Waals surface area (Å²) in [6.07, 6.45) is 4.13. The van der Waals surface area contributed by atoms with E-state index in [9.17, 15) is 9.90 Å². The lowest BCUT2D eigenvalue weighted by Crippen LogP contribution is -2.56. The van der Waals surface area contributed by atoms with E-state index in [0.717, 1.165) is 29.3 Å². The fourth-order valence-corrected chi connectivity index (χ4v) is 6.62. The number of rotatable bonds is 12. The lowest BCUT2D eigenvalue weighted by atomic mass is 9.82. The van der Waals surface area contributed by atoms with E-state index in [0.29, 0.717) is 52.8 Å². The quantitative estimate of drug-likeness (QED) is 0.130. The SMILES string of the molecule is O=C(NNCC1(O)CCCCC1)[C@@]1(Cc2ccccc2Br)N=C(c2ccc(OCCCO)cc2)O[C@H]1c1ccc(Cl)cc1Cl. The predicted octanol–water partition coefficient (Wildman–Crippen LogP) is 6.33. The minimum Gasteiger partial charge on any atom is -0.494 e. The topological polar surface area (TPSA) is 112 Å². The molecule has 3 aromatic carbocycles. The third kappa shape index (κ3) is 7.58. The number of ether oxygens (including phenoxy) is 2. The van der Waals surface area contributed by atoms with Gasteiger partial charge < -0.3 is 19.7 Å². The molecule has 11 heteroatoms. The second-order valence-corrected chi connectivity index (χ2v) is 13.0. The number of nitrogens with zero attached hydrogens (tertiary/aromatic N) is 1. The average molecular weight is 705 g/mol. The Balaban J connectivity index is 1.53. The van der Waals surface area contributed by atoms with Crippen LogP contribution in [-0.2, 0) is 16.0 Å². The van der Waals surface area contributed by atoms with Gasteiger partial charge in [0.05, 0.1) is 12.2 Å². The van der Waals surface area contributed by atoms with Gasteiger partial charge in [0, 0.05) is 51.6 Å². The van der Waals surface area contributed by atoms with Crippen molar-refractivity contribution in [3.63, 3.8) is 0 Å². The van der Waals surface area contributed by atoms with Crippen LogP contribution in [0.25, 0.3) is 0 Å². The number of aliphatic imine (C=N–C) groups is 1. The van der Waals surface area contributed by atoms with Crippen LogP contribution >= 0.6 is 39.1 Å². The Morgan fingerprint density at radius 3 is 2.52 bits per heavy atom. The Labute approximate surface area is 275 Å². The first-order valence-corrected chi connectivity index (χ1v) is 16.3. The zero-order valence-electron chi connectivity index (χ0n) is 24.2. The maximum atomic E-state index is 14.4. The number of hydrazine groups is 1. The maximum Gasteiger partial charge on any atom is 0.266 e. The first kappa shape index (κ1) is 32.7. The molecule has 1 fully saturated rings. The van der Waals surface area contributed by atoms with E-state index in [2.05, 4.69) is 26.8 Å². The van der Waals surface area contributed by atoms with Crippen LogP contribution in [0.15, 0.2) is 76.2 Å². The molecule has 0 bridgehead atoms. The summed E-state index contributed by atoms with van der Waals surface area (Å²) < 4.78 is 13.1. The van der Waals surface area contributed by atoms with E-state index < -0.39 is 23.2 Å². The van der Waals surface area contributed by atoms with E-state index in [4.69, 9.17) is 42.8 Å². The molecule has 1 saturated carbocycles. The molecule has 2 atom stereocenters. The molecule has 44 heavy (non-hydrogen) atoms. The number of nitrogens with one attached hydrogen (secondary N) is 2. The van der Waals surface area contributed by atoms with Crippen molar-refractivity contribution >= 4 is 50.9 Å². The summed E-state index contributed by atoms with van der Waals surface area (Å²) >= 11 is 16.6. The van der Waals surface area contributed by atoms with E-state index in [1.165, 1.54) is 0 Å². The van der Waals surface area contributed by atoms with E-state index in [-0.39, 0.29) is 25.5 Å². The van der Waals surface area contributed by atoms with Crippen LogP contribution in [0.4, 0.5) is 0 Å². The first-order chi connectivity index (χ1) is 21.2. The van der Waals surface area contributed by atoms with Crippen molar-refractivity contribution in [2.45, 2.75) is 62.2 Å². The maximum absolute atomic E-state index is 14.4. The number of aliphatic hydroxyl groups is 2. The lowest BCUT2D eigenvalue weighted by Gasteiger charge is -2.34. The Bertz CT molecular complexity index is 1480. The molecule has 1 aliphatic carbocycles. The van der Waals surface area contributed by atoms with Crippen LogP contribution in [0.1, 0.15) is 61.3 Å². The molecule has 2 aliphatic rings. The van der Waals surface area contributed by atoms with Crippen molar-refractivity contribution in [1.29, 1.82) is 0 Å². The number of hydrogen-bond acceptors (Lipinski definition) is 7. The van der Waals surface area contributed by atoms with Crippen molar-refractivity contribution < 1.29 is 24.5 Å². The lowest BCUT2D eigenvalue weighted by molar-refractivity contribution is -0.130. The monoisotopic (exact) mass is 703 g/mol. The number of benzene rings is 3. The summed E-state index contributed by atoms with van der Waals surface area (Å²) in [5.41, 5.74) is 5.55. The summed E-state index contributed by atoms with van der Waals surface area (Å²) in [6, 6.07) is 20.0. The smallest absolute Gasteiger partial charge is 0.266 e. The minimum atomic E-state index is -1.49. The van der Waals surface area contributed by atoms with Crippen LogP contribution in [0.3, 0.4) is 0 Å². The molecule has 3 aromatic rings. The Morgan fingerprint density at radius 1 is 1.07 bits per heavy atom. The van der Waals surface area contributed by atoms with Crippen LogP contribution in [0.5, 0.6) is 5.75 Å². The van der Waals surface area contributed by atoms with Crippen LogP contribution in [-0.4, -0.2) is 52.9 Å². The zero-order chi connectivity index (χ0) is 31.2. The number of carbonyl (C=O) groups is 1. The molecule has 0 unspecified atom stereocenters. The van der Waals surface area contributed by atoms with Gasteiger partial charge in [0.2, 0.25) is 5.90 Å². The second kappa shape index (κ2) is 14.6. The predicted molar refractivity (Wildman–Crippen MR) is 175 cm³/mol. The molecule has 1 heterocycles. The second-order valence-electron chi connectivity index (χ2n) is 11.3. The van der Waals surface area contributed by atoms with Crippen molar-refractivity contribution in [3.05, 3.63) is 97.9 Å². The van der Waals surface area contributed by atoms with Gasteiger partial charge in [-0.2, -0.15) is 0 Å². The Hall–Kier alpha value is -2.66. The fourth-order valence-electron chi connectivity index (χ4n) is 5.69. The molecule has 4 N–H and O–H groups in total. The van der Waals surface area contributed by atoms with Gasteiger partial charge >= 0.3 is 0 Å². The van der Waals surface area contributed by atoms with Crippen molar-refractivity contribution in [1.82, 2.24) is 10.9 Å². The van der Waals surface area contributed by atoms with E-state index in [1.807, 2.05) is 36.4 Å². The summed E-state index contributed by atoms with van der Waals surface area (Å²) in [5.74, 6) is 0.485. The van der Waals surface area contributed by atoms with Crippen LogP contribution in [0.2, 0.25) is 10.0 Å². The molecule has 0 spiro atoms. The molecule has 1 amide bonds. The van der Waals surface area contributed by atoms with Gasteiger partial charge in [-0.1, -0.05) is 82.7 Å². The molecule has 5 rings (SSSR count). The number of amides is 1. The van der Waals surface area contributed by atoms with Gasteiger partial charge in [-0.25, -0.2) is 10.4 Å². The normalized spacial score (nSPS) is 20.9. The molecule has 1 aliphatic heterocycles. The minimum absolute atomic E-state index is 0.0488. The van der Waals surface area contributed by atoms with Crippen LogP contribution < -0.4 is 15.6 Å². The summed E-state index contributed by atoms with van der Waals surface area (Å²) in [6.45, 7) is 0.653. The van der Waals surface area contributed by atoms with Crippen molar-refractivity contribution in [3.8, 4) is 5.75 Å². The van der Waals surface area contributed by atoms with Gasteiger partial charge in [0.15, 0.2) is 11.6 Å². The van der Waals surface area contributed by atoms with Gasteiger partial charge in [0.1, 0.15) is 5.75 Å². The number of carbonyl (C=O) groups excluding carboxylic acids is 1. The summed E-state index contributed by atoms with van der Waals surface area (Å²) in [4.78, 5) is 19.4.